The summed E-state index contributed by atoms with van der Waals surface area (Å²) in [5.41, 5.74) is 2.08. The van der Waals surface area contributed by atoms with E-state index in [1.54, 1.807) is 0 Å². The third-order valence-corrected chi connectivity index (χ3v) is 4.15. The molecule has 0 spiro atoms. The Morgan fingerprint density at radius 3 is 2.81 bits per heavy atom. The van der Waals surface area contributed by atoms with Crippen molar-refractivity contribution >= 4 is 11.9 Å². The molecule has 1 aromatic carbocycles. The lowest BCUT2D eigenvalue weighted by Gasteiger charge is -2.28. The van der Waals surface area contributed by atoms with Crippen molar-refractivity contribution in [2.24, 2.45) is 5.92 Å². The number of rotatable bonds is 5. The molecule has 3 N–H and O–H groups in total. The highest BCUT2D eigenvalue weighted by atomic mass is 16.4. The molecular weight excluding hydrogens is 268 g/mol. The number of aliphatic carboxylic acids is 1. The van der Waals surface area contributed by atoms with Crippen LogP contribution in [-0.4, -0.2) is 29.6 Å². The number of benzene rings is 1. The molecule has 0 aromatic heterocycles. The Kier molecular flexibility index (Phi) is 4.96. The van der Waals surface area contributed by atoms with Gasteiger partial charge in [-0.3, -0.25) is 4.79 Å². The smallest absolute Gasteiger partial charge is 0.326 e. The van der Waals surface area contributed by atoms with Gasteiger partial charge in [0, 0.05) is 6.54 Å². The minimum absolute atomic E-state index is 0.106. The number of amides is 1. The molecule has 21 heavy (non-hydrogen) atoms. The first-order valence-corrected chi connectivity index (χ1v) is 7.39. The van der Waals surface area contributed by atoms with Gasteiger partial charge in [0.15, 0.2) is 0 Å². The monoisotopic (exact) mass is 290 g/mol. The Hall–Kier alpha value is -1.88. The fourth-order valence-electron chi connectivity index (χ4n) is 2.66. The molecule has 0 radical (unpaired) electrons. The van der Waals surface area contributed by atoms with E-state index in [0.29, 0.717) is 6.42 Å². The number of carbonyl (C=O) groups is 2. The van der Waals surface area contributed by atoms with Crippen LogP contribution in [0.3, 0.4) is 0 Å². The van der Waals surface area contributed by atoms with Gasteiger partial charge in [0.1, 0.15) is 12.1 Å². The predicted molar refractivity (Wildman–Crippen MR) is 79.9 cm³/mol. The Labute approximate surface area is 124 Å². The maximum absolute atomic E-state index is 12.5. The highest BCUT2D eigenvalue weighted by molar-refractivity contribution is 5.88. The molecule has 0 saturated carbocycles. The second-order valence-electron chi connectivity index (χ2n) is 5.55. The minimum atomic E-state index is -0.984. The molecule has 2 rings (SSSR count). The summed E-state index contributed by atoms with van der Waals surface area (Å²) in [6, 6.07) is 6.47. The van der Waals surface area contributed by atoms with Crippen LogP contribution in [0.2, 0.25) is 0 Å². The Morgan fingerprint density at radius 1 is 1.43 bits per heavy atom. The summed E-state index contributed by atoms with van der Waals surface area (Å²) in [6.07, 6.45) is 1.58. The first-order valence-electron chi connectivity index (χ1n) is 7.39. The summed E-state index contributed by atoms with van der Waals surface area (Å²) in [6.45, 7) is 4.47. The number of carboxylic acid groups (broad SMARTS) is 1. The van der Waals surface area contributed by atoms with E-state index in [1.165, 1.54) is 0 Å². The molecule has 0 fully saturated rings. The SMILES string of the molecule is CCC(C)[C@H](NC(=O)C1NCCc2ccccc21)C(=O)O. The summed E-state index contributed by atoms with van der Waals surface area (Å²) in [5, 5.41) is 15.1. The van der Waals surface area contributed by atoms with E-state index in [4.69, 9.17) is 0 Å². The van der Waals surface area contributed by atoms with E-state index < -0.39 is 18.1 Å². The molecule has 5 nitrogen and oxygen atoms in total. The van der Waals surface area contributed by atoms with E-state index in [2.05, 4.69) is 10.6 Å². The van der Waals surface area contributed by atoms with Gasteiger partial charge in [-0.1, -0.05) is 44.5 Å². The molecule has 5 heteroatoms. The van der Waals surface area contributed by atoms with Crippen molar-refractivity contribution in [3.05, 3.63) is 35.4 Å². The molecular formula is C16H22N2O3. The van der Waals surface area contributed by atoms with Crippen LogP contribution in [0.5, 0.6) is 0 Å². The summed E-state index contributed by atoms with van der Waals surface area (Å²) < 4.78 is 0. The molecule has 0 bridgehead atoms. The highest BCUT2D eigenvalue weighted by Gasteiger charge is 2.31. The number of nitrogens with one attached hydrogen (secondary N) is 2. The van der Waals surface area contributed by atoms with Gasteiger partial charge in [0.05, 0.1) is 0 Å². The van der Waals surface area contributed by atoms with Gasteiger partial charge >= 0.3 is 5.97 Å². The van der Waals surface area contributed by atoms with Crippen LogP contribution < -0.4 is 10.6 Å². The van der Waals surface area contributed by atoms with Crippen molar-refractivity contribution in [1.29, 1.82) is 0 Å². The normalized spacial score (nSPS) is 20.2. The first-order chi connectivity index (χ1) is 10.0. The summed E-state index contributed by atoms with van der Waals surface area (Å²) in [4.78, 5) is 23.8. The van der Waals surface area contributed by atoms with Gasteiger partial charge in [-0.2, -0.15) is 0 Å². The third-order valence-electron chi connectivity index (χ3n) is 4.15. The molecule has 2 unspecified atom stereocenters. The van der Waals surface area contributed by atoms with Crippen LogP contribution in [0.25, 0.3) is 0 Å². The molecule has 1 amide bonds. The quantitative estimate of drug-likeness (QED) is 0.767. The molecule has 0 aliphatic carbocycles. The summed E-state index contributed by atoms with van der Waals surface area (Å²) in [7, 11) is 0. The van der Waals surface area contributed by atoms with Crippen molar-refractivity contribution in [3.63, 3.8) is 0 Å². The molecule has 1 aliphatic rings. The zero-order valence-corrected chi connectivity index (χ0v) is 12.4. The van der Waals surface area contributed by atoms with Crippen molar-refractivity contribution in [3.8, 4) is 0 Å². The summed E-state index contributed by atoms with van der Waals surface area (Å²) in [5.74, 6) is -1.36. The number of carbonyl (C=O) groups excluding carboxylic acids is 1. The van der Waals surface area contributed by atoms with Crippen LogP contribution in [0.1, 0.15) is 37.4 Å². The van der Waals surface area contributed by atoms with E-state index in [0.717, 1.165) is 24.1 Å². The van der Waals surface area contributed by atoms with Gasteiger partial charge in [-0.25, -0.2) is 4.79 Å². The Bertz CT molecular complexity index is 530. The van der Waals surface area contributed by atoms with E-state index in [1.807, 2.05) is 38.1 Å². The van der Waals surface area contributed by atoms with Crippen molar-refractivity contribution < 1.29 is 14.7 Å². The highest BCUT2D eigenvalue weighted by Crippen LogP contribution is 2.23. The number of hydrogen-bond acceptors (Lipinski definition) is 3. The van der Waals surface area contributed by atoms with Gasteiger partial charge in [-0.05, 0) is 23.5 Å². The number of hydrogen-bond donors (Lipinski definition) is 3. The van der Waals surface area contributed by atoms with Gasteiger partial charge in [-0.15, -0.1) is 0 Å². The van der Waals surface area contributed by atoms with Gasteiger partial charge in [0.2, 0.25) is 5.91 Å². The third kappa shape index (κ3) is 3.42. The minimum Gasteiger partial charge on any atom is -0.480 e. The molecule has 0 saturated heterocycles. The lowest BCUT2D eigenvalue weighted by Crippen LogP contribution is -2.50. The van der Waals surface area contributed by atoms with E-state index in [9.17, 15) is 14.7 Å². The van der Waals surface area contributed by atoms with E-state index >= 15 is 0 Å². The fourth-order valence-corrected chi connectivity index (χ4v) is 2.66. The standard InChI is InChI=1S/C16H22N2O3/c1-3-10(2)13(16(20)21)18-15(19)14-12-7-5-4-6-11(12)8-9-17-14/h4-7,10,13-14,17H,3,8-9H2,1-2H3,(H,18,19)(H,20,21)/t10?,13-,14?/m0/s1. The van der Waals surface area contributed by atoms with Crippen LogP contribution in [0, 0.1) is 5.92 Å². The molecule has 1 aliphatic heterocycles. The number of fused-ring (bicyclic) bond motifs is 1. The Balaban J connectivity index is 2.15. The van der Waals surface area contributed by atoms with E-state index in [-0.39, 0.29) is 11.8 Å². The molecule has 1 aromatic rings. The van der Waals surface area contributed by atoms with Crippen LogP contribution >= 0.6 is 0 Å². The predicted octanol–water partition coefficient (Wildman–Crippen LogP) is 1.49. The molecule has 114 valence electrons. The first kappa shape index (κ1) is 15.5. The van der Waals surface area contributed by atoms with Crippen molar-refractivity contribution in [2.45, 2.75) is 38.8 Å². The van der Waals surface area contributed by atoms with Crippen molar-refractivity contribution in [2.75, 3.05) is 6.54 Å². The maximum Gasteiger partial charge on any atom is 0.326 e. The zero-order chi connectivity index (χ0) is 15.4. The number of carboxylic acids is 1. The van der Waals surface area contributed by atoms with Crippen LogP contribution in [0.4, 0.5) is 0 Å². The maximum atomic E-state index is 12.5. The second kappa shape index (κ2) is 6.72. The average Bonchev–Trinajstić information content (AvgIpc) is 2.50. The van der Waals surface area contributed by atoms with Crippen molar-refractivity contribution in [1.82, 2.24) is 10.6 Å². The zero-order valence-electron chi connectivity index (χ0n) is 12.4. The van der Waals surface area contributed by atoms with Crippen LogP contribution in [-0.2, 0) is 16.0 Å². The van der Waals surface area contributed by atoms with Gasteiger partial charge in [0.25, 0.3) is 0 Å². The Morgan fingerprint density at radius 2 is 2.14 bits per heavy atom. The topological polar surface area (TPSA) is 78.4 Å². The summed E-state index contributed by atoms with van der Waals surface area (Å²) >= 11 is 0. The molecule has 1 heterocycles. The fraction of sp³-hybridized carbons (Fsp3) is 0.500. The molecule has 3 atom stereocenters. The lowest BCUT2D eigenvalue weighted by molar-refractivity contribution is -0.143. The lowest BCUT2D eigenvalue weighted by atomic mass is 9.93. The largest absolute Gasteiger partial charge is 0.480 e. The van der Waals surface area contributed by atoms with Gasteiger partial charge < -0.3 is 15.7 Å². The average molecular weight is 290 g/mol. The second-order valence-corrected chi connectivity index (χ2v) is 5.55. The van der Waals surface area contributed by atoms with Crippen LogP contribution in [0.15, 0.2) is 24.3 Å².